The van der Waals surface area contributed by atoms with Crippen molar-refractivity contribution in [2.75, 3.05) is 46.1 Å². The molecular weight excluding hydrogens is 222 g/mol. The van der Waals surface area contributed by atoms with E-state index in [4.69, 9.17) is 14.6 Å². The number of likely N-dealkylation sites (tertiary alicyclic amines) is 1. The molecule has 1 aliphatic rings. The van der Waals surface area contributed by atoms with Crippen LogP contribution in [-0.2, 0) is 14.3 Å². The van der Waals surface area contributed by atoms with E-state index in [-0.39, 0.29) is 18.5 Å². The molecule has 1 atom stereocenters. The fraction of sp³-hybridized carbons (Fsp3) is 0.917. The van der Waals surface area contributed by atoms with Crippen LogP contribution in [0.15, 0.2) is 0 Å². The van der Waals surface area contributed by atoms with Gasteiger partial charge in [0.25, 0.3) is 0 Å². The lowest BCUT2D eigenvalue weighted by Gasteiger charge is -2.31. The molecule has 1 fully saturated rings. The predicted molar refractivity (Wildman–Crippen MR) is 63.7 cm³/mol. The van der Waals surface area contributed by atoms with Crippen molar-refractivity contribution in [3.8, 4) is 0 Å². The van der Waals surface area contributed by atoms with Gasteiger partial charge in [0.05, 0.1) is 32.3 Å². The van der Waals surface area contributed by atoms with Gasteiger partial charge in [-0.1, -0.05) is 0 Å². The lowest BCUT2D eigenvalue weighted by atomic mass is 9.98. The SMILES string of the molecule is CCOC(=O)[C@H]1CCCN(CCOCCO)C1. The van der Waals surface area contributed by atoms with E-state index in [1.807, 2.05) is 6.92 Å². The summed E-state index contributed by atoms with van der Waals surface area (Å²) in [7, 11) is 0. The summed E-state index contributed by atoms with van der Waals surface area (Å²) >= 11 is 0. The second kappa shape index (κ2) is 8.44. The number of esters is 1. The Kier molecular flexibility index (Phi) is 7.16. The summed E-state index contributed by atoms with van der Waals surface area (Å²) in [6.45, 7) is 5.93. The van der Waals surface area contributed by atoms with Gasteiger partial charge in [0.2, 0.25) is 0 Å². The van der Waals surface area contributed by atoms with Crippen molar-refractivity contribution in [1.29, 1.82) is 0 Å². The maximum Gasteiger partial charge on any atom is 0.310 e. The molecule has 0 saturated carbocycles. The summed E-state index contributed by atoms with van der Waals surface area (Å²) in [5.74, 6) is -0.0602. The normalized spacial score (nSPS) is 21.4. The molecule has 0 spiro atoms. The average Bonchev–Trinajstić information content (AvgIpc) is 2.35. The summed E-state index contributed by atoms with van der Waals surface area (Å²) in [6.07, 6.45) is 1.95. The number of carbonyl (C=O) groups is 1. The van der Waals surface area contributed by atoms with Gasteiger partial charge in [0, 0.05) is 13.1 Å². The van der Waals surface area contributed by atoms with Gasteiger partial charge < -0.3 is 19.5 Å². The number of hydrogen-bond donors (Lipinski definition) is 1. The molecule has 1 N–H and O–H groups in total. The van der Waals surface area contributed by atoms with E-state index in [1.165, 1.54) is 0 Å². The van der Waals surface area contributed by atoms with Crippen molar-refractivity contribution in [3.05, 3.63) is 0 Å². The first-order chi connectivity index (χ1) is 8.27. The number of hydrogen-bond acceptors (Lipinski definition) is 5. The van der Waals surface area contributed by atoms with Crippen LogP contribution in [0.4, 0.5) is 0 Å². The largest absolute Gasteiger partial charge is 0.466 e. The van der Waals surface area contributed by atoms with Gasteiger partial charge in [-0.05, 0) is 26.3 Å². The zero-order chi connectivity index (χ0) is 12.5. The highest BCUT2D eigenvalue weighted by Crippen LogP contribution is 2.17. The summed E-state index contributed by atoms with van der Waals surface area (Å²) in [4.78, 5) is 13.8. The van der Waals surface area contributed by atoms with E-state index in [1.54, 1.807) is 0 Å². The third-order valence-corrected chi connectivity index (χ3v) is 2.91. The molecular formula is C12H23NO4. The minimum absolute atomic E-state index is 0.0153. The Labute approximate surface area is 103 Å². The Morgan fingerprint density at radius 2 is 2.29 bits per heavy atom. The van der Waals surface area contributed by atoms with Crippen molar-refractivity contribution in [1.82, 2.24) is 4.90 Å². The van der Waals surface area contributed by atoms with Gasteiger partial charge in [-0.3, -0.25) is 4.79 Å². The molecule has 0 aliphatic carbocycles. The molecule has 0 aromatic rings. The number of piperidine rings is 1. The Morgan fingerprint density at radius 1 is 1.47 bits per heavy atom. The lowest BCUT2D eigenvalue weighted by Crippen LogP contribution is -2.41. The third-order valence-electron chi connectivity index (χ3n) is 2.91. The summed E-state index contributed by atoms with van der Waals surface area (Å²) < 4.78 is 10.3. The van der Waals surface area contributed by atoms with Gasteiger partial charge in [-0.25, -0.2) is 0 Å². The molecule has 0 aromatic heterocycles. The number of ether oxygens (including phenoxy) is 2. The van der Waals surface area contributed by atoms with Crippen LogP contribution in [0.5, 0.6) is 0 Å². The Hall–Kier alpha value is -0.650. The van der Waals surface area contributed by atoms with Gasteiger partial charge in [0.1, 0.15) is 0 Å². The maximum atomic E-state index is 11.6. The molecule has 1 aliphatic heterocycles. The molecule has 1 rings (SSSR count). The highest BCUT2D eigenvalue weighted by atomic mass is 16.5. The van der Waals surface area contributed by atoms with E-state index in [0.717, 1.165) is 32.5 Å². The zero-order valence-corrected chi connectivity index (χ0v) is 10.6. The first kappa shape index (κ1) is 14.4. The van der Waals surface area contributed by atoms with Crippen LogP contribution in [0.1, 0.15) is 19.8 Å². The molecule has 0 amide bonds. The fourth-order valence-electron chi connectivity index (χ4n) is 2.07. The van der Waals surface area contributed by atoms with Crippen molar-refractivity contribution >= 4 is 5.97 Å². The average molecular weight is 245 g/mol. The van der Waals surface area contributed by atoms with E-state index < -0.39 is 0 Å². The highest BCUT2D eigenvalue weighted by molar-refractivity contribution is 5.72. The second-order valence-corrected chi connectivity index (χ2v) is 4.23. The van der Waals surface area contributed by atoms with Crippen LogP contribution in [0, 0.1) is 5.92 Å². The molecule has 0 bridgehead atoms. The minimum atomic E-state index is -0.0755. The van der Waals surface area contributed by atoms with E-state index in [9.17, 15) is 4.79 Å². The monoisotopic (exact) mass is 245 g/mol. The summed E-state index contributed by atoms with van der Waals surface area (Å²) in [6, 6.07) is 0. The third kappa shape index (κ3) is 5.48. The first-order valence-corrected chi connectivity index (χ1v) is 6.35. The smallest absolute Gasteiger partial charge is 0.310 e. The number of aliphatic hydroxyl groups is 1. The van der Waals surface area contributed by atoms with Crippen LogP contribution in [0.25, 0.3) is 0 Å². The summed E-state index contributed by atoms with van der Waals surface area (Å²) in [5, 5.41) is 8.58. The molecule has 0 unspecified atom stereocenters. The van der Waals surface area contributed by atoms with Crippen molar-refractivity contribution in [3.63, 3.8) is 0 Å². The molecule has 5 nitrogen and oxygen atoms in total. The van der Waals surface area contributed by atoms with Gasteiger partial charge in [0.15, 0.2) is 0 Å². The molecule has 1 heterocycles. The van der Waals surface area contributed by atoms with Crippen molar-refractivity contribution < 1.29 is 19.4 Å². The number of rotatable bonds is 7. The number of nitrogens with zero attached hydrogens (tertiary/aromatic N) is 1. The lowest BCUT2D eigenvalue weighted by molar-refractivity contribution is -0.150. The van der Waals surface area contributed by atoms with Crippen LogP contribution in [0.3, 0.4) is 0 Å². The van der Waals surface area contributed by atoms with E-state index in [2.05, 4.69) is 4.90 Å². The maximum absolute atomic E-state index is 11.6. The molecule has 100 valence electrons. The quantitative estimate of drug-likeness (QED) is 0.515. The first-order valence-electron chi connectivity index (χ1n) is 6.35. The number of aliphatic hydroxyl groups excluding tert-OH is 1. The Bertz CT molecular complexity index is 223. The molecule has 17 heavy (non-hydrogen) atoms. The topological polar surface area (TPSA) is 59.0 Å². The zero-order valence-electron chi connectivity index (χ0n) is 10.6. The van der Waals surface area contributed by atoms with Crippen LogP contribution in [-0.4, -0.2) is 62.0 Å². The van der Waals surface area contributed by atoms with E-state index in [0.29, 0.717) is 19.8 Å². The number of carbonyl (C=O) groups excluding carboxylic acids is 1. The van der Waals surface area contributed by atoms with E-state index >= 15 is 0 Å². The van der Waals surface area contributed by atoms with Crippen LogP contribution in [0.2, 0.25) is 0 Å². The Balaban J connectivity index is 2.21. The second-order valence-electron chi connectivity index (χ2n) is 4.23. The standard InChI is InChI=1S/C12H23NO4/c1-2-17-12(15)11-4-3-5-13(10-11)6-8-16-9-7-14/h11,14H,2-10H2,1H3/t11-/m0/s1. The van der Waals surface area contributed by atoms with Gasteiger partial charge in [-0.15, -0.1) is 0 Å². The Morgan fingerprint density at radius 3 is 3.00 bits per heavy atom. The molecule has 1 saturated heterocycles. The van der Waals surface area contributed by atoms with Gasteiger partial charge >= 0.3 is 5.97 Å². The molecule has 5 heteroatoms. The predicted octanol–water partition coefficient (Wildman–Crippen LogP) is 0.270. The fourth-order valence-corrected chi connectivity index (χ4v) is 2.07. The minimum Gasteiger partial charge on any atom is -0.466 e. The van der Waals surface area contributed by atoms with Gasteiger partial charge in [-0.2, -0.15) is 0 Å². The molecule has 0 radical (unpaired) electrons. The van der Waals surface area contributed by atoms with Crippen molar-refractivity contribution in [2.24, 2.45) is 5.92 Å². The van der Waals surface area contributed by atoms with Crippen molar-refractivity contribution in [2.45, 2.75) is 19.8 Å². The highest BCUT2D eigenvalue weighted by Gasteiger charge is 2.26. The molecule has 0 aromatic carbocycles. The van der Waals surface area contributed by atoms with Crippen LogP contribution < -0.4 is 0 Å². The van der Waals surface area contributed by atoms with Crippen LogP contribution >= 0.6 is 0 Å². The summed E-state index contributed by atoms with van der Waals surface area (Å²) in [5.41, 5.74) is 0.